The third-order valence-corrected chi connectivity index (χ3v) is 15.7. The van der Waals surface area contributed by atoms with Crippen molar-refractivity contribution in [2.45, 2.75) is 205 Å². The van der Waals surface area contributed by atoms with E-state index < -0.39 is 161 Å². The second-order valence-electron chi connectivity index (χ2n) is 19.9. The van der Waals surface area contributed by atoms with Gasteiger partial charge in [-0.3, -0.25) is 19.2 Å². The predicted octanol–water partition coefficient (Wildman–Crippen LogP) is -7.92. The van der Waals surface area contributed by atoms with Gasteiger partial charge in [-0.25, -0.2) is 4.79 Å². The molecule has 31 heteroatoms. The molecule has 0 aromatic carbocycles. The summed E-state index contributed by atoms with van der Waals surface area (Å²) in [5, 5.41) is 134. The normalized spacial score (nSPS) is 40.0. The minimum absolute atomic E-state index is 0.0669. The topological polar surface area (TPSA) is 454 Å². The molecule has 0 saturated carbocycles. The first-order valence-corrected chi connectivity index (χ1v) is 27.0. The molecule has 0 radical (unpaired) electrons. The Morgan fingerprint density at radius 1 is 0.571 bits per heavy atom. The van der Waals surface area contributed by atoms with Gasteiger partial charge in [-0.15, -0.1) is 0 Å². The summed E-state index contributed by atoms with van der Waals surface area (Å²) in [6, 6.07) is -2.71. The zero-order valence-electron chi connectivity index (χ0n) is 42.7. The van der Waals surface area contributed by atoms with Crippen molar-refractivity contribution in [1.29, 1.82) is 0 Å². The molecule has 0 unspecified atom stereocenters. The summed E-state index contributed by atoms with van der Waals surface area (Å²) in [4.78, 5) is 61.4. The maximum atomic E-state index is 12.7. The average Bonchev–Trinajstić information content (AvgIpc) is 3.97. The van der Waals surface area contributed by atoms with E-state index in [4.69, 9.17) is 37.9 Å². The highest BCUT2D eigenvalue weighted by atomic mass is 32.2. The summed E-state index contributed by atoms with van der Waals surface area (Å²) in [5.41, 5.74) is 0. The maximum absolute atomic E-state index is 12.7. The summed E-state index contributed by atoms with van der Waals surface area (Å²) < 4.78 is 46.8. The van der Waals surface area contributed by atoms with Crippen molar-refractivity contribution in [1.82, 2.24) is 31.9 Å². The molecule has 0 bridgehead atoms. The van der Waals surface area contributed by atoms with Gasteiger partial charge in [0.1, 0.15) is 97.5 Å². The number of nitrogens with one attached hydrogen (secondary N) is 6. The zero-order chi connectivity index (χ0) is 56.1. The number of aliphatic hydroxyl groups is 11. The Hall–Kier alpha value is -3.26. The number of thioether (sulfide) groups is 1. The molecule has 17 N–H and O–H groups in total. The van der Waals surface area contributed by atoms with Crippen LogP contribution in [-0.4, -0.2) is 278 Å². The van der Waals surface area contributed by atoms with E-state index >= 15 is 0 Å². The van der Waals surface area contributed by atoms with Crippen LogP contribution in [0.2, 0.25) is 0 Å². The highest BCUT2D eigenvalue weighted by Gasteiger charge is 2.55. The lowest BCUT2D eigenvalue weighted by molar-refractivity contribution is -0.374. The van der Waals surface area contributed by atoms with Crippen molar-refractivity contribution in [3.63, 3.8) is 0 Å². The standard InChI is InChI=1S/C46H78N6O24S/c1-19(56)49-30-35(63)32(60)22(14-53)71-42(30)70-17-25-34(62)41(76-45-39(67)37(65)40(24(16-55)73-45)75-44-38(66)36(64)33(61)23(15-54)72-44)31(50-20(2)57)43(74-25)69-13-7-3-4-9-27(58)47-11-12-48-28(59)10-6-5-8-26-29-21(18-77-26)51-46(68)52-29/h21-26,29-45,53-55,60-67H,3-18H2,1-2H3,(H,47,58)(H,48,59)(H,49,56)(H,50,57)(H2,51,52,68)/t21-,22+,23+,24+,25+,26-,29-,30+,31+,32+,33-,34-,35+,36-,37+,38+,39+,40-,41+,42+,43-,44+,45-/m0/s1. The molecule has 0 aromatic rings. The first-order valence-electron chi connectivity index (χ1n) is 26.0. The van der Waals surface area contributed by atoms with Gasteiger partial charge in [0.2, 0.25) is 23.6 Å². The summed E-state index contributed by atoms with van der Waals surface area (Å²) >= 11 is 1.82. The fourth-order valence-corrected chi connectivity index (χ4v) is 11.5. The molecule has 6 heterocycles. The van der Waals surface area contributed by atoms with Crippen LogP contribution in [-0.2, 0) is 57.1 Å². The van der Waals surface area contributed by atoms with Crippen LogP contribution in [0.4, 0.5) is 4.79 Å². The molecule has 6 amide bonds. The highest BCUT2D eigenvalue weighted by molar-refractivity contribution is 8.00. The third-order valence-electron chi connectivity index (χ3n) is 14.2. The Morgan fingerprint density at radius 3 is 1.73 bits per heavy atom. The van der Waals surface area contributed by atoms with Gasteiger partial charge in [0.15, 0.2) is 25.2 Å². The lowest BCUT2D eigenvalue weighted by Crippen LogP contribution is -2.69. The maximum Gasteiger partial charge on any atom is 0.315 e. The molecule has 0 aromatic heterocycles. The van der Waals surface area contributed by atoms with Gasteiger partial charge in [0, 0.05) is 57.4 Å². The molecule has 30 nitrogen and oxygen atoms in total. The van der Waals surface area contributed by atoms with Crippen LogP contribution < -0.4 is 31.9 Å². The van der Waals surface area contributed by atoms with Crippen molar-refractivity contribution < 1.29 is 118 Å². The summed E-state index contributed by atoms with van der Waals surface area (Å²) in [5.74, 6) is -0.837. The molecule has 6 aliphatic rings. The number of ether oxygens (including phenoxy) is 8. The monoisotopic (exact) mass is 1130 g/mol. The molecule has 23 atom stereocenters. The fourth-order valence-electron chi connectivity index (χ4n) is 9.99. The molecule has 442 valence electrons. The van der Waals surface area contributed by atoms with Crippen molar-refractivity contribution in [2.75, 3.05) is 51.9 Å². The van der Waals surface area contributed by atoms with Crippen LogP contribution in [0.25, 0.3) is 0 Å². The van der Waals surface area contributed by atoms with Crippen LogP contribution in [0.15, 0.2) is 0 Å². The van der Waals surface area contributed by atoms with E-state index in [2.05, 4.69) is 31.9 Å². The Bertz CT molecular complexity index is 1900. The van der Waals surface area contributed by atoms with Crippen LogP contribution in [0, 0.1) is 0 Å². The fraction of sp³-hybridized carbons (Fsp3) is 0.891. The van der Waals surface area contributed by atoms with E-state index in [-0.39, 0.29) is 56.0 Å². The smallest absolute Gasteiger partial charge is 0.315 e. The number of unbranched alkanes of at least 4 members (excludes halogenated alkanes) is 3. The van der Waals surface area contributed by atoms with E-state index in [0.717, 1.165) is 32.4 Å². The first kappa shape index (κ1) is 62.9. The number of hydrogen-bond donors (Lipinski definition) is 17. The lowest BCUT2D eigenvalue weighted by atomic mass is 9.94. The number of carbonyl (C=O) groups excluding carboxylic acids is 5. The number of urea groups is 1. The molecule has 6 fully saturated rings. The van der Waals surface area contributed by atoms with Gasteiger partial charge in [0.05, 0.1) is 38.5 Å². The largest absolute Gasteiger partial charge is 0.394 e. The van der Waals surface area contributed by atoms with Crippen molar-refractivity contribution in [2.24, 2.45) is 0 Å². The van der Waals surface area contributed by atoms with E-state index in [1.165, 1.54) is 0 Å². The Balaban J connectivity index is 1.04. The van der Waals surface area contributed by atoms with Crippen molar-refractivity contribution >= 4 is 41.4 Å². The molecule has 0 aliphatic carbocycles. The quantitative estimate of drug-likeness (QED) is 0.0268. The summed E-state index contributed by atoms with van der Waals surface area (Å²) in [6.45, 7) is -0.514. The van der Waals surface area contributed by atoms with E-state index in [1.807, 2.05) is 11.8 Å². The average molecular weight is 1130 g/mol. The van der Waals surface area contributed by atoms with Gasteiger partial charge in [-0.1, -0.05) is 12.8 Å². The van der Waals surface area contributed by atoms with Gasteiger partial charge in [-0.2, -0.15) is 11.8 Å². The second-order valence-corrected chi connectivity index (χ2v) is 21.2. The Morgan fingerprint density at radius 2 is 1.10 bits per heavy atom. The number of aliphatic hydroxyl groups excluding tert-OH is 11. The van der Waals surface area contributed by atoms with E-state index in [9.17, 15) is 80.1 Å². The Kier molecular flexibility index (Phi) is 24.5. The highest BCUT2D eigenvalue weighted by Crippen LogP contribution is 2.35. The minimum Gasteiger partial charge on any atom is -0.394 e. The number of hydrogen-bond acceptors (Lipinski definition) is 25. The predicted molar refractivity (Wildman–Crippen MR) is 259 cm³/mol. The second kappa shape index (κ2) is 30.0. The van der Waals surface area contributed by atoms with Crippen LogP contribution >= 0.6 is 11.8 Å². The van der Waals surface area contributed by atoms with Crippen LogP contribution in [0.3, 0.4) is 0 Å². The van der Waals surface area contributed by atoms with Gasteiger partial charge >= 0.3 is 6.03 Å². The number of carbonyl (C=O) groups is 5. The Labute approximate surface area is 447 Å². The minimum atomic E-state index is -2.09. The van der Waals surface area contributed by atoms with E-state index in [1.54, 1.807) is 0 Å². The van der Waals surface area contributed by atoms with Crippen molar-refractivity contribution in [3.8, 4) is 0 Å². The molecule has 6 rings (SSSR count). The molecule has 0 spiro atoms. The van der Waals surface area contributed by atoms with Gasteiger partial charge in [-0.05, 0) is 25.7 Å². The van der Waals surface area contributed by atoms with Crippen LogP contribution in [0.5, 0.6) is 0 Å². The van der Waals surface area contributed by atoms with E-state index in [0.29, 0.717) is 37.4 Å². The number of amides is 6. The lowest BCUT2D eigenvalue weighted by Gasteiger charge is -2.49. The molecule has 6 saturated heterocycles. The number of rotatable bonds is 27. The number of fused-ring (bicyclic) bond motifs is 1. The molecule has 77 heavy (non-hydrogen) atoms. The molecular weight excluding hydrogens is 1050 g/mol. The van der Waals surface area contributed by atoms with Gasteiger partial charge in [0.25, 0.3) is 0 Å². The van der Waals surface area contributed by atoms with Crippen molar-refractivity contribution in [3.05, 3.63) is 0 Å². The molecule has 6 aliphatic heterocycles. The molecular formula is C46H78N6O24S. The van der Waals surface area contributed by atoms with Gasteiger partial charge < -0.3 is 126 Å². The zero-order valence-corrected chi connectivity index (χ0v) is 43.5. The van der Waals surface area contributed by atoms with Crippen LogP contribution in [0.1, 0.15) is 65.2 Å². The SMILES string of the molecule is CC(=O)N[C@H]1[C@H](OC[C@H]2O[C@H](OCCCCCC(=O)NCCNC(=O)CCCC[C@@H]3SC[C@@H]4NC(=O)N[C@@H]43)[C@H](NC(C)=O)[C@@H](O[C@@H]3O[C@H](CO)[C@H](O[C@H]4O[C@H](CO)[C@H](O)[C@H](O)[C@H]4O)[C@H](O)[C@H]3O)[C@H]2O)O[C@H](CO)[C@@H](O)[C@@H]1O. The summed E-state index contributed by atoms with van der Waals surface area (Å²) in [6.07, 6.45) is -26.9. The first-order chi connectivity index (χ1) is 36.8. The third kappa shape index (κ3) is 16.7. The summed E-state index contributed by atoms with van der Waals surface area (Å²) in [7, 11) is 0.